The summed E-state index contributed by atoms with van der Waals surface area (Å²) in [5.41, 5.74) is 4.71. The summed E-state index contributed by atoms with van der Waals surface area (Å²) < 4.78 is 16.6. The highest BCUT2D eigenvalue weighted by Gasteiger charge is 2.33. The van der Waals surface area contributed by atoms with Crippen molar-refractivity contribution in [3.8, 4) is 5.69 Å². The first kappa shape index (κ1) is 24.7. The zero-order valence-corrected chi connectivity index (χ0v) is 21.5. The third-order valence-electron chi connectivity index (χ3n) is 7.58. The molecule has 6 heteroatoms. The zero-order valence-electron chi connectivity index (χ0n) is 21.5. The molecule has 1 fully saturated rings. The largest absolute Gasteiger partial charge is 0.336 e. The number of hydrogen-bond donors (Lipinski definition) is 0. The molecule has 0 N–H and O–H groups in total. The van der Waals surface area contributed by atoms with Gasteiger partial charge in [0.2, 0.25) is 5.91 Å². The first-order chi connectivity index (χ1) is 17.6. The van der Waals surface area contributed by atoms with Crippen LogP contribution >= 0.6 is 0 Å². The molecule has 0 spiro atoms. The average molecular weight is 489 g/mol. The first-order valence-corrected chi connectivity index (χ1v) is 13.5. The van der Waals surface area contributed by atoms with E-state index in [-0.39, 0.29) is 17.6 Å². The number of carbonyl (C=O) groups excluding carboxylic acids is 1. The van der Waals surface area contributed by atoms with Crippen molar-refractivity contribution in [3.63, 3.8) is 0 Å². The fraction of sp³-hybridized carbons (Fsp3) is 0.467. The molecule has 2 aliphatic rings. The van der Waals surface area contributed by atoms with E-state index in [1.165, 1.54) is 24.5 Å². The number of aromatic nitrogens is 2. The van der Waals surface area contributed by atoms with Crippen molar-refractivity contribution < 1.29 is 9.18 Å². The van der Waals surface area contributed by atoms with E-state index in [0.717, 1.165) is 62.4 Å². The normalized spacial score (nSPS) is 16.5. The van der Waals surface area contributed by atoms with Crippen LogP contribution in [0, 0.1) is 11.7 Å². The van der Waals surface area contributed by atoms with Crippen LogP contribution in [-0.4, -0.2) is 45.1 Å². The Morgan fingerprint density at radius 3 is 2.56 bits per heavy atom. The molecule has 0 radical (unpaired) electrons. The van der Waals surface area contributed by atoms with Crippen molar-refractivity contribution in [1.29, 1.82) is 0 Å². The number of hydrogen-bond acceptors (Lipinski definition) is 3. The lowest BCUT2D eigenvalue weighted by Crippen LogP contribution is -2.37. The van der Waals surface area contributed by atoms with Gasteiger partial charge in [-0.1, -0.05) is 56.3 Å². The molecule has 1 aliphatic carbocycles. The van der Waals surface area contributed by atoms with E-state index < -0.39 is 0 Å². The van der Waals surface area contributed by atoms with Crippen molar-refractivity contribution in [2.45, 2.75) is 65.0 Å². The standard InChI is InChI=1S/C30H37FN4O/c1-3-17-33-18-16-28-25(20-33)27(32-35(28)29-13-9-8-12-26(29)31)21-34(19-22-14-15-22)30(36)24(4-2)23-10-6-5-7-11-23/h5-13,22,24H,3-4,14-21H2,1-2H3. The SMILES string of the molecule is CCCN1CCc2c(c(CN(CC3CC3)C(=O)C(CC)c3ccccc3)nn2-c2ccccc2F)C1. The number of halogens is 1. The molecule has 5 rings (SSSR count). The Balaban J connectivity index is 1.50. The Bertz CT molecular complexity index is 1190. The second kappa shape index (κ2) is 11.0. The van der Waals surface area contributed by atoms with Crippen LogP contribution in [0.2, 0.25) is 0 Å². The predicted molar refractivity (Wildman–Crippen MR) is 140 cm³/mol. The van der Waals surface area contributed by atoms with E-state index in [1.54, 1.807) is 16.8 Å². The van der Waals surface area contributed by atoms with Crippen molar-refractivity contribution in [3.05, 3.63) is 82.9 Å². The topological polar surface area (TPSA) is 41.4 Å². The van der Waals surface area contributed by atoms with Crippen LogP contribution < -0.4 is 0 Å². The number of carbonyl (C=O) groups is 1. The Labute approximate surface area is 213 Å². The molecule has 2 aromatic carbocycles. The van der Waals surface area contributed by atoms with Crippen molar-refractivity contribution in [2.75, 3.05) is 19.6 Å². The lowest BCUT2D eigenvalue weighted by Gasteiger charge is -2.29. The predicted octanol–water partition coefficient (Wildman–Crippen LogP) is 5.71. The van der Waals surface area contributed by atoms with Gasteiger partial charge < -0.3 is 4.90 Å². The van der Waals surface area contributed by atoms with E-state index in [4.69, 9.17) is 5.10 Å². The van der Waals surface area contributed by atoms with Crippen LogP contribution in [0.4, 0.5) is 4.39 Å². The third kappa shape index (κ3) is 5.24. The highest BCUT2D eigenvalue weighted by Crippen LogP contribution is 2.34. The molecule has 1 aromatic heterocycles. The number of rotatable bonds is 10. The molecule has 5 nitrogen and oxygen atoms in total. The lowest BCUT2D eigenvalue weighted by molar-refractivity contribution is -0.133. The first-order valence-electron chi connectivity index (χ1n) is 13.5. The van der Waals surface area contributed by atoms with Crippen LogP contribution in [0.15, 0.2) is 54.6 Å². The van der Waals surface area contributed by atoms with E-state index in [9.17, 15) is 9.18 Å². The van der Waals surface area contributed by atoms with Gasteiger partial charge in [-0.15, -0.1) is 0 Å². The van der Waals surface area contributed by atoms with Crippen molar-refractivity contribution >= 4 is 5.91 Å². The van der Waals surface area contributed by atoms with Crippen LogP contribution in [0.5, 0.6) is 0 Å². The third-order valence-corrected chi connectivity index (χ3v) is 7.58. The summed E-state index contributed by atoms with van der Waals surface area (Å²) in [5, 5.41) is 4.98. The molecular formula is C30H37FN4O. The van der Waals surface area contributed by atoms with Gasteiger partial charge in [-0.2, -0.15) is 5.10 Å². The average Bonchev–Trinajstić information content (AvgIpc) is 3.65. The summed E-state index contributed by atoms with van der Waals surface area (Å²) in [7, 11) is 0. The lowest BCUT2D eigenvalue weighted by atomic mass is 9.94. The van der Waals surface area contributed by atoms with Crippen molar-refractivity contribution in [2.24, 2.45) is 5.92 Å². The Morgan fingerprint density at radius 1 is 1.11 bits per heavy atom. The molecule has 1 aliphatic heterocycles. The fourth-order valence-corrected chi connectivity index (χ4v) is 5.48. The van der Waals surface area contributed by atoms with Crippen LogP contribution in [-0.2, 0) is 24.3 Å². The molecule has 36 heavy (non-hydrogen) atoms. The minimum atomic E-state index is -0.272. The van der Waals surface area contributed by atoms with Gasteiger partial charge in [-0.3, -0.25) is 9.69 Å². The van der Waals surface area contributed by atoms with Gasteiger partial charge in [-0.25, -0.2) is 9.07 Å². The van der Waals surface area contributed by atoms with Gasteiger partial charge in [-0.05, 0) is 55.8 Å². The number of amides is 1. The smallest absolute Gasteiger partial charge is 0.230 e. The second-order valence-electron chi connectivity index (χ2n) is 10.3. The summed E-state index contributed by atoms with van der Waals surface area (Å²) in [6.45, 7) is 8.29. The van der Waals surface area contributed by atoms with Gasteiger partial charge >= 0.3 is 0 Å². The monoisotopic (exact) mass is 488 g/mol. The second-order valence-corrected chi connectivity index (χ2v) is 10.3. The minimum absolute atomic E-state index is 0.161. The molecule has 1 saturated carbocycles. The van der Waals surface area contributed by atoms with Gasteiger partial charge in [0.25, 0.3) is 0 Å². The molecule has 1 atom stereocenters. The quantitative estimate of drug-likeness (QED) is 0.367. The van der Waals surface area contributed by atoms with Crippen LogP contribution in [0.3, 0.4) is 0 Å². The summed E-state index contributed by atoms with van der Waals surface area (Å²) in [6, 6.07) is 17.0. The Morgan fingerprint density at radius 2 is 1.86 bits per heavy atom. The molecule has 3 aromatic rings. The van der Waals surface area contributed by atoms with Gasteiger partial charge in [0.05, 0.1) is 23.9 Å². The summed E-state index contributed by atoms with van der Waals surface area (Å²) in [6.07, 6.45) is 5.04. The van der Waals surface area contributed by atoms with Crippen molar-refractivity contribution in [1.82, 2.24) is 19.6 Å². The van der Waals surface area contributed by atoms with Gasteiger partial charge in [0, 0.05) is 31.6 Å². The summed E-state index contributed by atoms with van der Waals surface area (Å²) in [4.78, 5) is 18.4. The van der Waals surface area contributed by atoms with Crippen LogP contribution in [0.25, 0.3) is 5.69 Å². The number of nitrogens with zero attached hydrogens (tertiary/aromatic N) is 4. The number of benzene rings is 2. The molecule has 0 saturated heterocycles. The maximum absolute atomic E-state index is 14.8. The minimum Gasteiger partial charge on any atom is -0.336 e. The molecule has 0 bridgehead atoms. The Kier molecular flexibility index (Phi) is 7.51. The van der Waals surface area contributed by atoms with E-state index in [0.29, 0.717) is 18.2 Å². The molecule has 190 valence electrons. The summed E-state index contributed by atoms with van der Waals surface area (Å²) >= 11 is 0. The van der Waals surface area contributed by atoms with E-state index in [1.807, 2.05) is 29.2 Å². The molecule has 1 amide bonds. The highest BCUT2D eigenvalue weighted by molar-refractivity contribution is 5.83. The number of para-hydroxylation sites is 1. The number of fused-ring (bicyclic) bond motifs is 1. The summed E-state index contributed by atoms with van der Waals surface area (Å²) in [5.74, 6) is 0.312. The zero-order chi connectivity index (χ0) is 25.1. The Hall–Kier alpha value is -2.99. The van der Waals surface area contributed by atoms with E-state index in [2.05, 4.69) is 30.9 Å². The van der Waals surface area contributed by atoms with Gasteiger partial charge in [0.15, 0.2) is 0 Å². The highest BCUT2D eigenvalue weighted by atomic mass is 19.1. The molecule has 1 unspecified atom stereocenters. The maximum atomic E-state index is 14.8. The fourth-order valence-electron chi connectivity index (χ4n) is 5.48. The molecular weight excluding hydrogens is 451 g/mol. The van der Waals surface area contributed by atoms with E-state index >= 15 is 0 Å². The van der Waals surface area contributed by atoms with Crippen LogP contribution in [0.1, 0.15) is 68.0 Å². The maximum Gasteiger partial charge on any atom is 0.230 e. The van der Waals surface area contributed by atoms with Gasteiger partial charge in [0.1, 0.15) is 11.5 Å². The molecule has 2 heterocycles.